The van der Waals surface area contributed by atoms with Crippen molar-refractivity contribution in [1.29, 1.82) is 0 Å². The molecular weight excluding hydrogens is 444 g/mol. The molecule has 0 radical (unpaired) electrons. The van der Waals surface area contributed by atoms with E-state index in [2.05, 4.69) is 4.90 Å². The van der Waals surface area contributed by atoms with E-state index in [0.29, 0.717) is 24.5 Å². The van der Waals surface area contributed by atoms with Gasteiger partial charge in [-0.2, -0.15) is 0 Å². The molecule has 0 saturated carbocycles. The Balaban J connectivity index is 1.61. The van der Waals surface area contributed by atoms with Gasteiger partial charge in [-0.05, 0) is 76.6 Å². The molecule has 2 aromatic rings. The van der Waals surface area contributed by atoms with Crippen molar-refractivity contribution in [3.63, 3.8) is 0 Å². The molecule has 1 saturated heterocycles. The van der Waals surface area contributed by atoms with Crippen LogP contribution in [0.3, 0.4) is 0 Å². The molecule has 1 aromatic heterocycles. The Morgan fingerprint density at radius 3 is 2.62 bits per heavy atom. The maximum Gasteiger partial charge on any atom is 0.323 e. The lowest BCUT2D eigenvalue weighted by Crippen LogP contribution is -2.42. The summed E-state index contributed by atoms with van der Waals surface area (Å²) >= 11 is 1.65. The lowest BCUT2D eigenvalue weighted by atomic mass is 9.85. The second-order valence-electron chi connectivity index (χ2n) is 9.15. The number of ether oxygens (including phenoxy) is 1. The van der Waals surface area contributed by atoms with Gasteiger partial charge in [0.2, 0.25) is 0 Å². The molecule has 0 spiro atoms. The van der Waals surface area contributed by atoms with E-state index in [1.165, 1.54) is 10.4 Å². The molecule has 3 heterocycles. The van der Waals surface area contributed by atoms with Crippen LogP contribution in [0.1, 0.15) is 53.8 Å². The van der Waals surface area contributed by atoms with Crippen molar-refractivity contribution in [2.75, 3.05) is 24.5 Å². The van der Waals surface area contributed by atoms with Gasteiger partial charge in [-0.1, -0.05) is 17.7 Å². The van der Waals surface area contributed by atoms with E-state index < -0.39 is 10.0 Å². The van der Waals surface area contributed by atoms with Gasteiger partial charge < -0.3 is 4.74 Å². The fraction of sp³-hybridized carbons (Fsp3) is 0.542. The number of rotatable bonds is 4. The topological polar surface area (TPSA) is 66.9 Å². The highest BCUT2D eigenvalue weighted by atomic mass is 32.2. The molecule has 5 rings (SSSR count). The number of likely N-dealkylation sites (N-methyl/N-ethyl adjacent to an activating group) is 1. The second-order valence-corrected chi connectivity index (χ2v) is 12.1. The molecule has 32 heavy (non-hydrogen) atoms. The number of anilines is 1. The number of carbonyl (C=O) groups excluding carboxylic acids is 1. The fourth-order valence-electron chi connectivity index (χ4n) is 5.63. The van der Waals surface area contributed by atoms with E-state index in [4.69, 9.17) is 4.74 Å². The first kappa shape index (κ1) is 21.9. The predicted molar refractivity (Wildman–Crippen MR) is 126 cm³/mol. The minimum atomic E-state index is -3.69. The van der Waals surface area contributed by atoms with Crippen molar-refractivity contribution >= 4 is 32.3 Å². The molecule has 3 aliphatic rings. The minimum Gasteiger partial charge on any atom is -0.465 e. The quantitative estimate of drug-likeness (QED) is 0.625. The molecule has 8 heteroatoms. The summed E-state index contributed by atoms with van der Waals surface area (Å²) in [5.74, 6) is -0.147. The summed E-state index contributed by atoms with van der Waals surface area (Å²) in [5.41, 5.74) is 3.50. The number of benzene rings is 1. The Kier molecular flexibility index (Phi) is 5.58. The molecule has 0 bridgehead atoms. The normalized spacial score (nSPS) is 25.2. The van der Waals surface area contributed by atoms with E-state index in [-0.39, 0.29) is 24.0 Å². The van der Waals surface area contributed by atoms with E-state index in [9.17, 15) is 13.2 Å². The number of esters is 1. The van der Waals surface area contributed by atoms with Crippen LogP contribution in [0.4, 0.5) is 5.00 Å². The molecule has 0 N–H and O–H groups in total. The number of hydrogen-bond acceptors (Lipinski definition) is 6. The van der Waals surface area contributed by atoms with E-state index in [1.54, 1.807) is 27.8 Å². The summed E-state index contributed by atoms with van der Waals surface area (Å²) in [4.78, 5) is 16.5. The smallest absolute Gasteiger partial charge is 0.323 e. The summed E-state index contributed by atoms with van der Waals surface area (Å²) in [5, 5.41) is 0.857. The third-order valence-corrected chi connectivity index (χ3v) is 10.4. The summed E-state index contributed by atoms with van der Waals surface area (Å²) in [7, 11) is -1.69. The zero-order valence-corrected chi connectivity index (χ0v) is 20.5. The van der Waals surface area contributed by atoms with Crippen LogP contribution >= 0.6 is 11.3 Å². The van der Waals surface area contributed by atoms with Crippen molar-refractivity contribution in [3.05, 3.63) is 45.8 Å². The average Bonchev–Trinajstić information content (AvgIpc) is 3.31. The fourth-order valence-corrected chi connectivity index (χ4v) is 8.82. The Bertz CT molecular complexity index is 1140. The number of carbonyl (C=O) groups is 1. The van der Waals surface area contributed by atoms with Crippen LogP contribution in [0.2, 0.25) is 0 Å². The number of nitrogens with zero attached hydrogens (tertiary/aromatic N) is 2. The third-order valence-electron chi connectivity index (χ3n) is 7.19. The zero-order chi connectivity index (χ0) is 22.6. The molecule has 3 atom stereocenters. The van der Waals surface area contributed by atoms with Crippen LogP contribution in [0.15, 0.2) is 29.2 Å². The van der Waals surface area contributed by atoms with E-state index in [1.807, 2.05) is 33.0 Å². The summed E-state index contributed by atoms with van der Waals surface area (Å²) in [6, 6.07) is 6.82. The molecule has 1 aromatic carbocycles. The van der Waals surface area contributed by atoms with Crippen LogP contribution in [-0.2, 0) is 32.4 Å². The van der Waals surface area contributed by atoms with Gasteiger partial charge in [0, 0.05) is 23.0 Å². The van der Waals surface area contributed by atoms with E-state index >= 15 is 0 Å². The Morgan fingerprint density at radius 2 is 1.91 bits per heavy atom. The van der Waals surface area contributed by atoms with Crippen molar-refractivity contribution in [2.45, 2.75) is 62.9 Å². The Labute approximate surface area is 194 Å². The van der Waals surface area contributed by atoms with Crippen LogP contribution in [0, 0.1) is 12.8 Å². The SMILES string of the molecule is CCOC(=O)[C@@H]1C[C@H]2CN(S(=O)(=O)c3ccc(C)cc3)c3sc4c(c3[C@H]2N1C)CCCC4. The third kappa shape index (κ3) is 3.38. The van der Waals surface area contributed by atoms with Gasteiger partial charge in [0.05, 0.1) is 11.5 Å². The number of hydrogen-bond donors (Lipinski definition) is 0. The van der Waals surface area contributed by atoms with Gasteiger partial charge in [-0.25, -0.2) is 8.42 Å². The highest BCUT2D eigenvalue weighted by molar-refractivity contribution is 7.93. The summed E-state index contributed by atoms with van der Waals surface area (Å²) < 4.78 is 34.6. The number of fused-ring (bicyclic) bond motifs is 5. The number of likely N-dealkylation sites (tertiary alicyclic amines) is 1. The maximum atomic E-state index is 13.8. The van der Waals surface area contributed by atoms with Crippen molar-refractivity contribution in [2.24, 2.45) is 5.92 Å². The van der Waals surface area contributed by atoms with Crippen LogP contribution in [0.25, 0.3) is 0 Å². The van der Waals surface area contributed by atoms with Gasteiger partial charge in [0.25, 0.3) is 10.0 Å². The first-order valence-corrected chi connectivity index (χ1v) is 13.7. The second kappa shape index (κ2) is 8.15. The van der Waals surface area contributed by atoms with Gasteiger partial charge in [0.1, 0.15) is 11.0 Å². The molecule has 1 aliphatic carbocycles. The molecule has 2 aliphatic heterocycles. The summed E-state index contributed by atoms with van der Waals surface area (Å²) in [6.07, 6.45) is 4.88. The van der Waals surface area contributed by atoms with Gasteiger partial charge in [-0.3, -0.25) is 14.0 Å². The average molecular weight is 475 g/mol. The molecular formula is C24H30N2O4S2. The first-order chi connectivity index (χ1) is 15.3. The van der Waals surface area contributed by atoms with Crippen LogP contribution in [-0.4, -0.2) is 45.5 Å². The van der Waals surface area contributed by atoms with Gasteiger partial charge in [-0.15, -0.1) is 11.3 Å². The van der Waals surface area contributed by atoms with Crippen molar-refractivity contribution in [3.8, 4) is 0 Å². The largest absolute Gasteiger partial charge is 0.465 e. The standard InChI is InChI=1S/C24H30N2O4S2/c1-4-30-24(27)19-13-16-14-26(32(28,29)17-11-9-15(2)10-12-17)23-21(22(16)25(19)3)18-7-5-6-8-20(18)31-23/h9-12,16,19,22H,4-8,13-14H2,1-3H3/t16-,19-,22-/m0/s1. The predicted octanol–water partition coefficient (Wildman–Crippen LogP) is 4.07. The zero-order valence-electron chi connectivity index (χ0n) is 18.8. The molecule has 172 valence electrons. The van der Waals surface area contributed by atoms with Crippen molar-refractivity contribution < 1.29 is 17.9 Å². The minimum absolute atomic E-state index is 0.0574. The first-order valence-electron chi connectivity index (χ1n) is 11.4. The maximum absolute atomic E-state index is 13.8. The van der Waals surface area contributed by atoms with Crippen LogP contribution in [0.5, 0.6) is 0 Å². The Hall–Kier alpha value is -1.90. The molecule has 1 fully saturated rings. The van der Waals surface area contributed by atoms with E-state index in [0.717, 1.165) is 41.8 Å². The number of thiophene rings is 1. The number of aryl methyl sites for hydroxylation is 2. The molecule has 0 unspecified atom stereocenters. The monoisotopic (exact) mass is 474 g/mol. The van der Waals surface area contributed by atoms with Gasteiger partial charge >= 0.3 is 5.97 Å². The van der Waals surface area contributed by atoms with Gasteiger partial charge in [0.15, 0.2) is 0 Å². The summed E-state index contributed by atoms with van der Waals surface area (Å²) in [6.45, 7) is 4.53. The molecule has 0 amide bonds. The lowest BCUT2D eigenvalue weighted by Gasteiger charge is -2.38. The highest BCUT2D eigenvalue weighted by Gasteiger charge is 2.51. The highest BCUT2D eigenvalue weighted by Crippen LogP contribution is 2.55. The van der Waals surface area contributed by atoms with Crippen molar-refractivity contribution in [1.82, 2.24) is 4.90 Å². The van der Waals surface area contributed by atoms with Crippen LogP contribution < -0.4 is 4.31 Å². The molecule has 6 nitrogen and oxygen atoms in total. The lowest BCUT2D eigenvalue weighted by molar-refractivity contribution is -0.148. The number of sulfonamides is 1. The Morgan fingerprint density at radius 1 is 1.19 bits per heavy atom.